The van der Waals surface area contributed by atoms with Crippen molar-refractivity contribution in [3.05, 3.63) is 30.0 Å². The number of fused-ring (bicyclic) bond motifs is 1. The number of amides is 2. The molecule has 0 atom stereocenters. The number of likely N-dealkylation sites (tertiary alicyclic amines) is 2. The highest BCUT2D eigenvalue weighted by Crippen LogP contribution is 2.42. The number of nitrogens with zero attached hydrogens (tertiary/aromatic N) is 3. The average Bonchev–Trinajstić information content (AvgIpc) is 3.33. The molecule has 6 nitrogen and oxygen atoms in total. The Kier molecular flexibility index (Phi) is 3.95. The topological polar surface area (TPSA) is 66.7 Å². The number of carbonyl (C=O) groups excluding carboxylic acids is 2. The molecule has 0 N–H and O–H groups in total. The van der Waals surface area contributed by atoms with Crippen LogP contribution in [0.15, 0.2) is 28.8 Å². The molecule has 0 bridgehead atoms. The molecule has 1 saturated carbocycles. The van der Waals surface area contributed by atoms with Crippen molar-refractivity contribution >= 4 is 22.8 Å². The van der Waals surface area contributed by atoms with Crippen molar-refractivity contribution in [2.75, 3.05) is 26.2 Å². The van der Waals surface area contributed by atoms with Crippen LogP contribution < -0.4 is 0 Å². The summed E-state index contributed by atoms with van der Waals surface area (Å²) in [5.41, 5.74) is 1.52. The van der Waals surface area contributed by atoms with Gasteiger partial charge in [-0.15, -0.1) is 0 Å². The van der Waals surface area contributed by atoms with Gasteiger partial charge in [-0.1, -0.05) is 17.3 Å². The van der Waals surface area contributed by atoms with Gasteiger partial charge in [0, 0.05) is 43.4 Å². The minimum Gasteiger partial charge on any atom is -0.356 e. The smallest absolute Gasteiger partial charge is 0.228 e. The summed E-state index contributed by atoms with van der Waals surface area (Å²) in [4.78, 5) is 29.2. The predicted molar refractivity (Wildman–Crippen MR) is 99.9 cm³/mol. The number of hydrogen-bond donors (Lipinski definition) is 0. The number of piperidine rings is 1. The van der Waals surface area contributed by atoms with Gasteiger partial charge in [0.15, 0.2) is 5.58 Å². The average molecular weight is 367 g/mol. The first-order valence-corrected chi connectivity index (χ1v) is 10.0. The van der Waals surface area contributed by atoms with Gasteiger partial charge < -0.3 is 14.3 Å². The maximum absolute atomic E-state index is 12.8. The lowest BCUT2D eigenvalue weighted by molar-refractivity contribution is -0.132. The number of rotatable bonds is 4. The van der Waals surface area contributed by atoms with Gasteiger partial charge in [-0.25, -0.2) is 0 Å². The number of benzene rings is 1. The number of carbonyl (C=O) groups is 2. The Bertz CT molecular complexity index is 878. The van der Waals surface area contributed by atoms with Crippen LogP contribution in [0, 0.1) is 11.3 Å². The standard InChI is InChI=1S/C21H25N3O3/c25-19(11-17-16-3-1-2-4-18(16)27-22-17)23-9-7-21(8-10-23)12-20(26)24(14-21)13-15-5-6-15/h1-4,15H,5-14H2. The van der Waals surface area contributed by atoms with Crippen LogP contribution in [0.4, 0.5) is 0 Å². The summed E-state index contributed by atoms with van der Waals surface area (Å²) in [5.74, 6) is 1.15. The van der Waals surface area contributed by atoms with Crippen LogP contribution >= 0.6 is 0 Å². The predicted octanol–water partition coefficient (Wildman–Crippen LogP) is 2.62. The summed E-state index contributed by atoms with van der Waals surface area (Å²) in [6.45, 7) is 3.30. The number of para-hydroxylation sites is 1. The molecule has 2 aromatic rings. The van der Waals surface area contributed by atoms with Crippen LogP contribution in [0.5, 0.6) is 0 Å². The first-order chi connectivity index (χ1) is 13.1. The summed E-state index contributed by atoms with van der Waals surface area (Å²) >= 11 is 0. The van der Waals surface area contributed by atoms with Gasteiger partial charge in [0.2, 0.25) is 11.8 Å². The molecule has 1 aromatic carbocycles. The highest BCUT2D eigenvalue weighted by Gasteiger charge is 2.46. The first kappa shape index (κ1) is 16.8. The fourth-order valence-corrected chi connectivity index (χ4v) is 4.65. The van der Waals surface area contributed by atoms with Crippen LogP contribution in [0.1, 0.15) is 37.8 Å². The summed E-state index contributed by atoms with van der Waals surface area (Å²) in [7, 11) is 0. The van der Waals surface area contributed by atoms with Crippen molar-refractivity contribution in [1.29, 1.82) is 0 Å². The molecule has 2 amide bonds. The van der Waals surface area contributed by atoms with Crippen molar-refractivity contribution in [2.45, 2.75) is 38.5 Å². The fourth-order valence-electron chi connectivity index (χ4n) is 4.65. The van der Waals surface area contributed by atoms with Crippen LogP contribution in [-0.2, 0) is 16.0 Å². The first-order valence-electron chi connectivity index (χ1n) is 10.0. The zero-order valence-corrected chi connectivity index (χ0v) is 15.5. The van der Waals surface area contributed by atoms with Crippen LogP contribution in [0.25, 0.3) is 11.0 Å². The molecule has 2 aliphatic heterocycles. The van der Waals surface area contributed by atoms with Gasteiger partial charge in [-0.05, 0) is 43.7 Å². The van der Waals surface area contributed by atoms with Gasteiger partial charge in [-0.2, -0.15) is 0 Å². The molecular formula is C21H25N3O3. The maximum atomic E-state index is 12.8. The highest BCUT2D eigenvalue weighted by molar-refractivity contribution is 5.86. The van der Waals surface area contributed by atoms with E-state index in [9.17, 15) is 9.59 Å². The van der Waals surface area contributed by atoms with Gasteiger partial charge >= 0.3 is 0 Å². The normalized spacial score (nSPS) is 22.1. The van der Waals surface area contributed by atoms with Crippen molar-refractivity contribution in [3.8, 4) is 0 Å². The Balaban J connectivity index is 1.20. The van der Waals surface area contributed by atoms with Crippen molar-refractivity contribution in [1.82, 2.24) is 15.0 Å². The van der Waals surface area contributed by atoms with E-state index >= 15 is 0 Å². The van der Waals surface area contributed by atoms with E-state index < -0.39 is 0 Å². The minimum atomic E-state index is 0.0866. The largest absolute Gasteiger partial charge is 0.356 e. The van der Waals surface area contributed by atoms with Gasteiger partial charge in [0.05, 0.1) is 6.42 Å². The summed E-state index contributed by atoms with van der Waals surface area (Å²) in [5, 5.41) is 4.99. The molecular weight excluding hydrogens is 342 g/mol. The van der Waals surface area contributed by atoms with E-state index in [0.717, 1.165) is 55.9 Å². The van der Waals surface area contributed by atoms with Crippen molar-refractivity contribution in [2.24, 2.45) is 11.3 Å². The van der Waals surface area contributed by atoms with Crippen LogP contribution in [0.3, 0.4) is 0 Å². The summed E-state index contributed by atoms with van der Waals surface area (Å²) in [6, 6.07) is 7.64. The molecule has 27 heavy (non-hydrogen) atoms. The van der Waals surface area contributed by atoms with E-state index in [4.69, 9.17) is 4.52 Å². The Morgan fingerprint density at radius 3 is 2.78 bits per heavy atom. The number of hydrogen-bond acceptors (Lipinski definition) is 4. The van der Waals surface area contributed by atoms with E-state index in [-0.39, 0.29) is 17.7 Å². The third-order valence-electron chi connectivity index (χ3n) is 6.53. The van der Waals surface area contributed by atoms with E-state index in [1.807, 2.05) is 29.2 Å². The third kappa shape index (κ3) is 3.22. The maximum Gasteiger partial charge on any atom is 0.228 e. The van der Waals surface area contributed by atoms with E-state index in [1.165, 1.54) is 12.8 Å². The molecule has 2 saturated heterocycles. The van der Waals surface area contributed by atoms with Crippen molar-refractivity contribution < 1.29 is 14.1 Å². The second-order valence-corrected chi connectivity index (χ2v) is 8.58. The molecule has 142 valence electrons. The Morgan fingerprint density at radius 1 is 1.22 bits per heavy atom. The second kappa shape index (κ2) is 6.36. The van der Waals surface area contributed by atoms with E-state index in [1.54, 1.807) is 0 Å². The molecule has 3 heterocycles. The van der Waals surface area contributed by atoms with Gasteiger partial charge in [0.1, 0.15) is 5.69 Å². The molecule has 3 fully saturated rings. The van der Waals surface area contributed by atoms with Gasteiger partial charge in [-0.3, -0.25) is 9.59 Å². The molecule has 0 radical (unpaired) electrons. The molecule has 6 heteroatoms. The number of aromatic nitrogens is 1. The summed E-state index contributed by atoms with van der Waals surface area (Å²) < 4.78 is 5.31. The lowest BCUT2D eigenvalue weighted by Gasteiger charge is -2.38. The Morgan fingerprint density at radius 2 is 2.00 bits per heavy atom. The second-order valence-electron chi connectivity index (χ2n) is 8.58. The zero-order chi connectivity index (χ0) is 18.4. The fraction of sp³-hybridized carbons (Fsp3) is 0.571. The summed E-state index contributed by atoms with van der Waals surface area (Å²) in [6.07, 6.45) is 5.33. The molecule has 1 aromatic heterocycles. The quantitative estimate of drug-likeness (QED) is 0.833. The van der Waals surface area contributed by atoms with Crippen molar-refractivity contribution in [3.63, 3.8) is 0 Å². The van der Waals surface area contributed by atoms with E-state index in [0.29, 0.717) is 18.0 Å². The highest BCUT2D eigenvalue weighted by atomic mass is 16.5. The molecule has 5 rings (SSSR count). The SMILES string of the molecule is O=C(Cc1noc2ccccc12)N1CCC2(CC1)CC(=O)N(CC1CC1)C2. The molecule has 3 aliphatic rings. The lowest BCUT2D eigenvalue weighted by Crippen LogP contribution is -2.45. The third-order valence-corrected chi connectivity index (χ3v) is 6.53. The van der Waals surface area contributed by atoms with Crippen LogP contribution in [0.2, 0.25) is 0 Å². The molecule has 0 unspecified atom stereocenters. The zero-order valence-electron chi connectivity index (χ0n) is 15.5. The van der Waals surface area contributed by atoms with Crippen LogP contribution in [-0.4, -0.2) is 52.9 Å². The molecule has 1 aliphatic carbocycles. The monoisotopic (exact) mass is 367 g/mol. The molecule has 1 spiro atoms. The Labute approximate surface area is 158 Å². The lowest BCUT2D eigenvalue weighted by atomic mass is 9.77. The Hall–Kier alpha value is -2.37. The minimum absolute atomic E-state index is 0.0866. The van der Waals surface area contributed by atoms with E-state index in [2.05, 4.69) is 10.1 Å². The van der Waals surface area contributed by atoms with Gasteiger partial charge in [0.25, 0.3) is 0 Å².